The molecule has 0 saturated heterocycles. The van der Waals surface area contributed by atoms with Crippen LogP contribution in [0.15, 0.2) is 48.5 Å². The molecule has 3 rings (SSSR count). The van der Waals surface area contributed by atoms with Crippen molar-refractivity contribution in [3.8, 4) is 5.75 Å². The molecule has 2 atom stereocenters. The molecule has 0 unspecified atom stereocenters. The van der Waals surface area contributed by atoms with E-state index < -0.39 is 8.07 Å². The number of rotatable bonds is 4. The molecule has 2 aromatic rings. The third kappa shape index (κ3) is 3.21. The summed E-state index contributed by atoms with van der Waals surface area (Å²) >= 11 is 0. The predicted molar refractivity (Wildman–Crippen MR) is 99.4 cm³/mol. The minimum atomic E-state index is -1.18. The Hall–Kier alpha value is -1.58. The first kappa shape index (κ1) is 16.3. The van der Waals surface area contributed by atoms with Gasteiger partial charge in [0.1, 0.15) is 26.4 Å². The summed E-state index contributed by atoms with van der Waals surface area (Å²) in [6, 6.07) is 18.1. The normalized spacial score (nSPS) is 23.6. The Morgan fingerprint density at radius 2 is 1.70 bits per heavy atom. The molecular weight excluding hydrogens is 298 g/mol. The lowest BCUT2D eigenvalue weighted by Gasteiger charge is -2.40. The van der Waals surface area contributed by atoms with Gasteiger partial charge >= 0.3 is 0 Å². The van der Waals surface area contributed by atoms with Crippen LogP contribution in [-0.2, 0) is 6.54 Å². The van der Waals surface area contributed by atoms with E-state index >= 15 is 0 Å². The molecule has 3 heteroatoms. The fourth-order valence-corrected chi connectivity index (χ4v) is 6.78. The summed E-state index contributed by atoms with van der Waals surface area (Å²) in [6.45, 7) is 8.57. The summed E-state index contributed by atoms with van der Waals surface area (Å²) < 4.78 is 6.43. The topological polar surface area (TPSA) is 9.23 Å². The van der Waals surface area contributed by atoms with Crippen molar-refractivity contribution < 1.29 is 9.22 Å². The molecule has 0 aliphatic carbocycles. The second kappa shape index (κ2) is 5.80. The molecule has 0 N–H and O–H groups in total. The summed E-state index contributed by atoms with van der Waals surface area (Å²) in [6.07, 6.45) is 1.29. The smallest absolute Gasteiger partial charge is 0.141 e. The number of hydrogen-bond acceptors (Lipinski definition) is 1. The van der Waals surface area contributed by atoms with Crippen LogP contribution in [0.4, 0.5) is 0 Å². The van der Waals surface area contributed by atoms with Gasteiger partial charge in [-0.05, 0) is 24.3 Å². The molecule has 1 aliphatic rings. The lowest BCUT2D eigenvalue weighted by molar-refractivity contribution is -0.930. The van der Waals surface area contributed by atoms with Crippen molar-refractivity contribution in [1.82, 2.24) is 0 Å². The Morgan fingerprint density at radius 1 is 1.04 bits per heavy atom. The van der Waals surface area contributed by atoms with Gasteiger partial charge in [-0.15, -0.1) is 0 Å². The van der Waals surface area contributed by atoms with Crippen LogP contribution in [0.2, 0.25) is 19.6 Å². The first-order valence-corrected chi connectivity index (χ1v) is 12.1. The largest absolute Gasteiger partial charge is 0.497 e. The van der Waals surface area contributed by atoms with Crippen LogP contribution >= 0.6 is 0 Å². The first-order chi connectivity index (χ1) is 10.8. The van der Waals surface area contributed by atoms with E-state index in [1.165, 1.54) is 22.9 Å². The Labute approximate surface area is 141 Å². The van der Waals surface area contributed by atoms with E-state index in [9.17, 15) is 0 Å². The van der Waals surface area contributed by atoms with Crippen LogP contribution in [0.5, 0.6) is 5.75 Å². The monoisotopic (exact) mass is 326 g/mol. The van der Waals surface area contributed by atoms with Crippen molar-refractivity contribution in [2.45, 2.75) is 32.2 Å². The van der Waals surface area contributed by atoms with Gasteiger partial charge < -0.3 is 9.22 Å². The molecule has 122 valence electrons. The van der Waals surface area contributed by atoms with Crippen molar-refractivity contribution in [3.63, 3.8) is 0 Å². The molecule has 0 spiro atoms. The van der Waals surface area contributed by atoms with Crippen LogP contribution in [0.1, 0.15) is 22.7 Å². The maximum absolute atomic E-state index is 5.34. The second-order valence-corrected chi connectivity index (χ2v) is 13.7. The minimum Gasteiger partial charge on any atom is -0.497 e. The van der Waals surface area contributed by atoms with Gasteiger partial charge in [0.25, 0.3) is 0 Å². The molecule has 23 heavy (non-hydrogen) atoms. The predicted octanol–water partition coefficient (Wildman–Crippen LogP) is 4.62. The molecule has 0 bridgehead atoms. The lowest BCUT2D eigenvalue weighted by atomic mass is 9.97. The number of fused-ring (bicyclic) bond motifs is 1. The highest BCUT2D eigenvalue weighted by Crippen LogP contribution is 2.44. The summed E-state index contributed by atoms with van der Waals surface area (Å²) in [5.74, 6) is 0.930. The molecule has 0 saturated carbocycles. The molecule has 0 radical (unpaired) electrons. The fourth-order valence-electron chi connectivity index (χ4n) is 4.32. The quantitative estimate of drug-likeness (QED) is 0.588. The molecule has 0 amide bonds. The fraction of sp³-hybridized carbons (Fsp3) is 0.400. The maximum atomic E-state index is 5.34. The van der Waals surface area contributed by atoms with Gasteiger partial charge in [0, 0.05) is 16.7 Å². The lowest BCUT2D eigenvalue weighted by Crippen LogP contribution is -2.52. The number of ether oxygens (including phenoxy) is 1. The van der Waals surface area contributed by atoms with Crippen molar-refractivity contribution in [2.75, 3.05) is 20.3 Å². The Morgan fingerprint density at radius 3 is 2.30 bits per heavy atom. The third-order valence-electron chi connectivity index (χ3n) is 4.77. The van der Waals surface area contributed by atoms with Crippen LogP contribution in [0.3, 0.4) is 0 Å². The summed E-state index contributed by atoms with van der Waals surface area (Å²) in [5, 5.41) is 0. The number of hydrogen-bond donors (Lipinski definition) is 0. The van der Waals surface area contributed by atoms with Crippen molar-refractivity contribution >= 4 is 8.07 Å². The Bertz CT molecular complexity index is 690. The minimum absolute atomic E-state index is 0.434. The standard InChI is InChI=1S/C20H28NOSi/c1-21(15-23(3,4)5)14-17-8-6-7-9-19(17)20(21)16-10-12-18(22-2)13-11-16/h6-13,20H,14-15H2,1-5H3/q+1/t20-,21+/m1/s1. The molecule has 0 fully saturated rings. The zero-order valence-electron chi connectivity index (χ0n) is 15.0. The van der Waals surface area contributed by atoms with Crippen molar-refractivity contribution in [1.29, 1.82) is 0 Å². The van der Waals surface area contributed by atoms with Gasteiger partial charge in [-0.1, -0.05) is 43.9 Å². The number of nitrogens with zero attached hydrogens (tertiary/aromatic N) is 1. The van der Waals surface area contributed by atoms with Gasteiger partial charge in [-0.3, -0.25) is 0 Å². The average molecular weight is 327 g/mol. The number of quaternary nitrogens is 1. The second-order valence-electron chi connectivity index (χ2n) is 8.23. The highest BCUT2D eigenvalue weighted by Gasteiger charge is 2.45. The summed E-state index contributed by atoms with van der Waals surface area (Å²) in [4.78, 5) is 0. The number of benzene rings is 2. The molecular formula is C20H28NOSi+. The van der Waals surface area contributed by atoms with E-state index in [2.05, 4.69) is 75.2 Å². The molecule has 1 aliphatic heterocycles. The van der Waals surface area contributed by atoms with Crippen LogP contribution in [-0.4, -0.2) is 32.9 Å². The van der Waals surface area contributed by atoms with Crippen LogP contribution in [0.25, 0.3) is 0 Å². The molecule has 0 aromatic heterocycles. The van der Waals surface area contributed by atoms with E-state index in [1.807, 2.05) is 0 Å². The zero-order valence-corrected chi connectivity index (χ0v) is 16.0. The van der Waals surface area contributed by atoms with Gasteiger partial charge in [-0.25, -0.2) is 0 Å². The summed E-state index contributed by atoms with van der Waals surface area (Å²) in [5.41, 5.74) is 4.41. The number of methoxy groups -OCH3 is 1. The zero-order chi connectivity index (χ0) is 16.7. The highest BCUT2D eigenvalue weighted by atomic mass is 28.3. The van der Waals surface area contributed by atoms with Gasteiger partial charge in [-0.2, -0.15) is 0 Å². The molecule has 2 aromatic carbocycles. The molecule has 2 nitrogen and oxygen atoms in total. The van der Waals surface area contributed by atoms with Crippen molar-refractivity contribution in [3.05, 3.63) is 65.2 Å². The van der Waals surface area contributed by atoms with E-state index in [0.717, 1.165) is 16.8 Å². The van der Waals surface area contributed by atoms with Gasteiger partial charge in [0.2, 0.25) is 0 Å². The highest BCUT2D eigenvalue weighted by molar-refractivity contribution is 6.76. The van der Waals surface area contributed by atoms with Crippen LogP contribution in [0, 0.1) is 0 Å². The SMILES string of the molecule is COc1ccc([C@@H]2c3ccccc3C[N@@+]2(C)C[Si](C)(C)C)cc1. The van der Waals surface area contributed by atoms with E-state index in [1.54, 1.807) is 7.11 Å². The Balaban J connectivity index is 2.06. The Kier molecular flexibility index (Phi) is 4.11. The van der Waals surface area contributed by atoms with Crippen LogP contribution < -0.4 is 4.74 Å². The van der Waals surface area contributed by atoms with E-state index in [4.69, 9.17) is 4.74 Å². The van der Waals surface area contributed by atoms with E-state index in [0.29, 0.717) is 6.04 Å². The summed E-state index contributed by atoms with van der Waals surface area (Å²) in [7, 11) is 2.99. The first-order valence-electron chi connectivity index (χ1n) is 8.38. The van der Waals surface area contributed by atoms with Gasteiger partial charge in [0.05, 0.1) is 20.3 Å². The van der Waals surface area contributed by atoms with Gasteiger partial charge in [0.15, 0.2) is 0 Å². The molecule has 1 heterocycles. The maximum Gasteiger partial charge on any atom is 0.141 e. The van der Waals surface area contributed by atoms with Crippen molar-refractivity contribution in [2.24, 2.45) is 0 Å². The van der Waals surface area contributed by atoms with E-state index in [-0.39, 0.29) is 0 Å². The third-order valence-corrected chi connectivity index (χ3v) is 6.44. The average Bonchev–Trinajstić information content (AvgIpc) is 2.76.